The molecule has 1 aromatic carbocycles. The van der Waals surface area contributed by atoms with Crippen molar-refractivity contribution in [2.75, 3.05) is 20.2 Å². The van der Waals surface area contributed by atoms with Crippen LogP contribution >= 0.6 is 11.8 Å². The summed E-state index contributed by atoms with van der Waals surface area (Å²) in [6.07, 6.45) is 2.49. The summed E-state index contributed by atoms with van der Waals surface area (Å²) in [5.41, 5.74) is 1.21. The molecule has 1 saturated heterocycles. The third kappa shape index (κ3) is 4.89. The van der Waals surface area contributed by atoms with Crippen LogP contribution in [0.25, 0.3) is 0 Å². The lowest BCUT2D eigenvalue weighted by Crippen LogP contribution is -2.21. The minimum atomic E-state index is -0.471. The summed E-state index contributed by atoms with van der Waals surface area (Å²) in [6.45, 7) is 3.77. The van der Waals surface area contributed by atoms with E-state index in [1.165, 1.54) is 25.5 Å². The van der Waals surface area contributed by atoms with Crippen molar-refractivity contribution in [3.05, 3.63) is 65.4 Å². The molecule has 152 valence electrons. The summed E-state index contributed by atoms with van der Waals surface area (Å²) in [7, 11) is 1.34. The number of carbonyl (C=O) groups excluding carboxylic acids is 1. The standard InChI is InChI=1S/C21H24N4O3S/c1-27-20(26)18-10-9-17(28-18)15-29-21-23-22-19(14-24-11-5-6-12-24)25(21)13-16-7-3-2-4-8-16/h2-4,7-10H,5-6,11-15H2,1H3. The molecule has 0 bridgehead atoms. The number of hydrogen-bond acceptors (Lipinski definition) is 7. The minimum absolute atomic E-state index is 0.212. The van der Waals surface area contributed by atoms with Gasteiger partial charge in [0.1, 0.15) is 11.6 Å². The molecule has 3 heterocycles. The van der Waals surface area contributed by atoms with Gasteiger partial charge in [0, 0.05) is 0 Å². The third-order valence-corrected chi connectivity index (χ3v) is 5.92. The van der Waals surface area contributed by atoms with E-state index in [1.807, 2.05) is 18.2 Å². The molecule has 0 N–H and O–H groups in total. The van der Waals surface area contributed by atoms with Crippen LogP contribution in [0.2, 0.25) is 0 Å². The third-order valence-electron chi connectivity index (χ3n) is 4.93. The quantitative estimate of drug-likeness (QED) is 0.413. The van der Waals surface area contributed by atoms with Crippen molar-refractivity contribution >= 4 is 17.7 Å². The summed E-state index contributed by atoms with van der Waals surface area (Å²) < 4.78 is 12.4. The first-order valence-electron chi connectivity index (χ1n) is 9.71. The lowest BCUT2D eigenvalue weighted by atomic mass is 10.2. The molecule has 8 heteroatoms. The van der Waals surface area contributed by atoms with Gasteiger partial charge in [-0.1, -0.05) is 42.1 Å². The summed E-state index contributed by atoms with van der Waals surface area (Å²) in [4.78, 5) is 14.0. The second kappa shape index (κ2) is 9.28. The van der Waals surface area contributed by atoms with E-state index < -0.39 is 5.97 Å². The molecule has 0 radical (unpaired) electrons. The number of benzene rings is 1. The predicted molar refractivity (Wildman–Crippen MR) is 110 cm³/mol. The van der Waals surface area contributed by atoms with Gasteiger partial charge in [-0.2, -0.15) is 0 Å². The first-order chi connectivity index (χ1) is 14.2. The lowest BCUT2D eigenvalue weighted by molar-refractivity contribution is 0.0563. The highest BCUT2D eigenvalue weighted by Crippen LogP contribution is 2.25. The van der Waals surface area contributed by atoms with Crippen LogP contribution in [0, 0.1) is 0 Å². The maximum absolute atomic E-state index is 11.6. The molecule has 29 heavy (non-hydrogen) atoms. The van der Waals surface area contributed by atoms with Crippen molar-refractivity contribution in [3.63, 3.8) is 0 Å². The Balaban J connectivity index is 1.51. The zero-order chi connectivity index (χ0) is 20.1. The van der Waals surface area contributed by atoms with E-state index in [0.717, 1.165) is 37.2 Å². The molecule has 1 aliphatic heterocycles. The maximum atomic E-state index is 11.6. The van der Waals surface area contributed by atoms with Crippen molar-refractivity contribution in [3.8, 4) is 0 Å². The van der Waals surface area contributed by atoms with Crippen LogP contribution in [0.1, 0.15) is 40.5 Å². The van der Waals surface area contributed by atoms with Crippen molar-refractivity contribution in [1.29, 1.82) is 0 Å². The second-order valence-electron chi connectivity index (χ2n) is 7.00. The van der Waals surface area contributed by atoms with Crippen LogP contribution < -0.4 is 0 Å². The number of esters is 1. The van der Waals surface area contributed by atoms with Crippen molar-refractivity contribution in [2.24, 2.45) is 0 Å². The number of carbonyl (C=O) groups is 1. The Kier molecular flexibility index (Phi) is 6.31. The van der Waals surface area contributed by atoms with Gasteiger partial charge in [0.2, 0.25) is 5.76 Å². The molecule has 0 atom stereocenters. The topological polar surface area (TPSA) is 73.4 Å². The summed E-state index contributed by atoms with van der Waals surface area (Å²) in [5.74, 6) is 1.98. The largest absolute Gasteiger partial charge is 0.463 e. The second-order valence-corrected chi connectivity index (χ2v) is 7.94. The molecule has 0 saturated carbocycles. The Morgan fingerprint density at radius 2 is 1.90 bits per heavy atom. The first kappa shape index (κ1) is 19.7. The van der Waals surface area contributed by atoms with Gasteiger partial charge >= 0.3 is 5.97 Å². The zero-order valence-electron chi connectivity index (χ0n) is 16.4. The summed E-state index contributed by atoms with van der Waals surface area (Å²) >= 11 is 1.56. The Morgan fingerprint density at radius 3 is 2.66 bits per heavy atom. The summed E-state index contributed by atoms with van der Waals surface area (Å²) in [6, 6.07) is 13.8. The van der Waals surface area contributed by atoms with Gasteiger partial charge in [-0.15, -0.1) is 10.2 Å². The number of furan rings is 1. The average molecular weight is 413 g/mol. The van der Waals surface area contributed by atoms with Gasteiger partial charge in [0.05, 0.1) is 26.0 Å². The van der Waals surface area contributed by atoms with Gasteiger partial charge in [-0.3, -0.25) is 4.90 Å². The maximum Gasteiger partial charge on any atom is 0.373 e. The van der Waals surface area contributed by atoms with Gasteiger partial charge in [0.25, 0.3) is 0 Å². The highest BCUT2D eigenvalue weighted by Gasteiger charge is 2.19. The Labute approximate surface area is 174 Å². The normalized spacial score (nSPS) is 14.4. The van der Waals surface area contributed by atoms with Gasteiger partial charge < -0.3 is 13.7 Å². The van der Waals surface area contributed by atoms with Crippen LogP contribution in [0.4, 0.5) is 0 Å². The van der Waals surface area contributed by atoms with Crippen molar-refractivity contribution < 1.29 is 13.9 Å². The number of thioether (sulfide) groups is 1. The van der Waals surface area contributed by atoms with Gasteiger partial charge in [0.15, 0.2) is 5.16 Å². The molecule has 0 aliphatic carbocycles. The predicted octanol–water partition coefficient (Wildman–Crippen LogP) is 3.59. The van der Waals surface area contributed by atoms with E-state index in [4.69, 9.17) is 9.15 Å². The van der Waals surface area contributed by atoms with E-state index in [2.05, 4.69) is 31.8 Å². The van der Waals surface area contributed by atoms with Crippen LogP contribution in [-0.4, -0.2) is 45.8 Å². The number of rotatable bonds is 8. The minimum Gasteiger partial charge on any atom is -0.463 e. The Bertz CT molecular complexity index is 948. The average Bonchev–Trinajstić information content (AvgIpc) is 3.50. The zero-order valence-corrected chi connectivity index (χ0v) is 17.2. The molecule has 1 aliphatic rings. The van der Waals surface area contributed by atoms with Crippen LogP contribution in [0.15, 0.2) is 52.0 Å². The number of ether oxygens (including phenoxy) is 1. The highest BCUT2D eigenvalue weighted by atomic mass is 32.2. The van der Waals surface area contributed by atoms with E-state index in [0.29, 0.717) is 11.5 Å². The summed E-state index contributed by atoms with van der Waals surface area (Å²) in [5, 5.41) is 9.77. The fraction of sp³-hybridized carbons (Fsp3) is 0.381. The Hall–Kier alpha value is -2.58. The molecule has 0 unspecified atom stereocenters. The van der Waals surface area contributed by atoms with Gasteiger partial charge in [-0.05, 0) is 43.6 Å². The fourth-order valence-electron chi connectivity index (χ4n) is 3.41. The molecule has 0 amide bonds. The van der Waals surface area contributed by atoms with Crippen LogP contribution in [0.3, 0.4) is 0 Å². The van der Waals surface area contributed by atoms with Gasteiger partial charge in [-0.25, -0.2) is 4.79 Å². The van der Waals surface area contributed by atoms with Crippen LogP contribution in [0.5, 0.6) is 0 Å². The molecular formula is C21H24N4O3S. The van der Waals surface area contributed by atoms with Crippen molar-refractivity contribution in [2.45, 2.75) is 36.8 Å². The SMILES string of the molecule is COC(=O)c1ccc(CSc2nnc(CN3CCCC3)n2Cc2ccccc2)o1. The van der Waals surface area contributed by atoms with E-state index in [9.17, 15) is 4.79 Å². The van der Waals surface area contributed by atoms with Crippen molar-refractivity contribution in [1.82, 2.24) is 19.7 Å². The number of aromatic nitrogens is 3. The van der Waals surface area contributed by atoms with Crippen LogP contribution in [-0.2, 0) is 23.6 Å². The highest BCUT2D eigenvalue weighted by molar-refractivity contribution is 7.98. The smallest absolute Gasteiger partial charge is 0.373 e. The molecule has 1 fully saturated rings. The van der Waals surface area contributed by atoms with E-state index >= 15 is 0 Å². The molecule has 4 rings (SSSR count). The van der Waals surface area contributed by atoms with E-state index in [-0.39, 0.29) is 5.76 Å². The monoisotopic (exact) mass is 412 g/mol. The number of methoxy groups -OCH3 is 1. The molecule has 2 aromatic heterocycles. The number of hydrogen-bond donors (Lipinski definition) is 0. The first-order valence-corrected chi connectivity index (χ1v) is 10.7. The fourth-order valence-corrected chi connectivity index (χ4v) is 4.26. The molecule has 7 nitrogen and oxygen atoms in total. The molecule has 0 spiro atoms. The lowest BCUT2D eigenvalue weighted by Gasteiger charge is -2.16. The van der Waals surface area contributed by atoms with E-state index in [1.54, 1.807) is 23.9 Å². The number of nitrogens with zero attached hydrogens (tertiary/aromatic N) is 4. The molecule has 3 aromatic rings. The number of likely N-dealkylation sites (tertiary alicyclic amines) is 1. The Morgan fingerprint density at radius 1 is 1.10 bits per heavy atom. The molecular weight excluding hydrogens is 388 g/mol.